The van der Waals surface area contributed by atoms with E-state index in [1.807, 2.05) is 36.4 Å². The van der Waals surface area contributed by atoms with Crippen LogP contribution in [0.25, 0.3) is 6.08 Å². The minimum Gasteiger partial charge on any atom is -0.497 e. The second-order valence-electron chi connectivity index (χ2n) is 8.83. The third-order valence-corrected chi connectivity index (χ3v) is 7.54. The number of piperidine rings is 1. The normalized spacial score (nSPS) is 27.0. The first kappa shape index (κ1) is 21.2. The Morgan fingerprint density at radius 3 is 2.77 bits per heavy atom. The van der Waals surface area contributed by atoms with Gasteiger partial charge in [0, 0.05) is 24.1 Å². The van der Waals surface area contributed by atoms with Crippen molar-refractivity contribution in [1.29, 1.82) is 0 Å². The fourth-order valence-corrected chi connectivity index (χ4v) is 6.21. The highest BCUT2D eigenvalue weighted by molar-refractivity contribution is 8.93. The molecule has 1 aliphatic heterocycles. The largest absolute Gasteiger partial charge is 0.497 e. The van der Waals surface area contributed by atoms with Crippen LogP contribution in [0.2, 0.25) is 0 Å². The molecule has 4 heteroatoms. The molecule has 2 fully saturated rings. The summed E-state index contributed by atoms with van der Waals surface area (Å²) in [5.41, 5.74) is 4.22. The number of hydrogen-bond acceptors (Lipinski definition) is 2. The molecule has 1 saturated heterocycles. The van der Waals surface area contributed by atoms with Crippen molar-refractivity contribution in [2.75, 3.05) is 13.7 Å². The Labute approximate surface area is 189 Å². The summed E-state index contributed by atoms with van der Waals surface area (Å²) in [6.07, 6.45) is 10.8. The zero-order valence-corrected chi connectivity index (χ0v) is 19.3. The van der Waals surface area contributed by atoms with Crippen LogP contribution in [0.15, 0.2) is 54.6 Å². The topological polar surface area (TPSA) is 29.5 Å². The second kappa shape index (κ2) is 8.58. The first-order valence-corrected chi connectivity index (χ1v) is 10.9. The Bertz CT molecular complexity index is 941. The van der Waals surface area contributed by atoms with Crippen molar-refractivity contribution in [2.24, 2.45) is 5.92 Å². The molecule has 30 heavy (non-hydrogen) atoms. The van der Waals surface area contributed by atoms with E-state index in [-0.39, 0.29) is 28.3 Å². The number of ether oxygens (including phenoxy) is 1. The van der Waals surface area contributed by atoms with Gasteiger partial charge >= 0.3 is 0 Å². The molecule has 2 aromatic rings. The standard InChI is InChI=1S/C26H29NO2.BrH/c1-29-21-12-11-20-17-24-22-9-5-6-14-26(22,23(20)18-21)15-16-27(24)25(28)13-10-19-7-3-2-4-8-19;/h2-4,7-8,10-13,18,22,24H,5-6,9,14-17H2,1H3;1H/b13-10+;/t22-,24-,26-;/m0./s1. The second-order valence-corrected chi connectivity index (χ2v) is 8.83. The van der Waals surface area contributed by atoms with Crippen molar-refractivity contribution in [1.82, 2.24) is 4.90 Å². The quantitative estimate of drug-likeness (QED) is 0.551. The van der Waals surface area contributed by atoms with Crippen LogP contribution in [0.3, 0.4) is 0 Å². The Hall–Kier alpha value is -2.07. The van der Waals surface area contributed by atoms with Gasteiger partial charge in [0.2, 0.25) is 5.91 Å². The zero-order chi connectivity index (χ0) is 19.8. The highest BCUT2D eigenvalue weighted by Gasteiger charge is 2.54. The van der Waals surface area contributed by atoms with Gasteiger partial charge in [0.25, 0.3) is 0 Å². The maximum Gasteiger partial charge on any atom is 0.246 e. The van der Waals surface area contributed by atoms with E-state index in [4.69, 9.17) is 4.74 Å². The highest BCUT2D eigenvalue weighted by atomic mass is 79.9. The van der Waals surface area contributed by atoms with Crippen molar-refractivity contribution in [3.63, 3.8) is 0 Å². The summed E-state index contributed by atoms with van der Waals surface area (Å²) >= 11 is 0. The lowest BCUT2D eigenvalue weighted by molar-refractivity contribution is -0.135. The molecule has 3 atom stereocenters. The molecule has 1 saturated carbocycles. The van der Waals surface area contributed by atoms with E-state index >= 15 is 0 Å². The molecule has 3 aliphatic rings. The van der Waals surface area contributed by atoms with E-state index in [0.29, 0.717) is 12.0 Å². The molecule has 0 N–H and O–H groups in total. The highest BCUT2D eigenvalue weighted by Crippen LogP contribution is 2.56. The molecule has 0 unspecified atom stereocenters. The number of hydrogen-bond donors (Lipinski definition) is 0. The lowest BCUT2D eigenvalue weighted by Gasteiger charge is -2.59. The number of methoxy groups -OCH3 is 1. The zero-order valence-electron chi connectivity index (χ0n) is 17.5. The van der Waals surface area contributed by atoms with Crippen LogP contribution in [0.4, 0.5) is 0 Å². The lowest BCUT2D eigenvalue weighted by Crippen LogP contribution is -2.61. The van der Waals surface area contributed by atoms with Crippen LogP contribution in [0.1, 0.15) is 48.8 Å². The Kier molecular flexibility index (Phi) is 6.06. The number of amides is 1. The number of halogens is 1. The van der Waals surface area contributed by atoms with Crippen LogP contribution in [-0.4, -0.2) is 30.5 Å². The summed E-state index contributed by atoms with van der Waals surface area (Å²) in [7, 11) is 1.75. The maximum atomic E-state index is 13.2. The van der Waals surface area contributed by atoms with Crippen LogP contribution < -0.4 is 4.74 Å². The SMILES string of the molecule is Br.COc1ccc2c(c1)[C@]13CCCC[C@H]1[C@H](C2)N(C(=O)/C=C/c1ccccc1)CC3. The number of fused-ring (bicyclic) bond motifs is 1. The number of likely N-dealkylation sites (tertiary alicyclic amines) is 1. The number of nitrogens with zero attached hydrogens (tertiary/aromatic N) is 1. The predicted octanol–water partition coefficient (Wildman–Crippen LogP) is 5.57. The molecule has 2 aromatic carbocycles. The summed E-state index contributed by atoms with van der Waals surface area (Å²) in [5.74, 6) is 1.69. The number of rotatable bonds is 3. The summed E-state index contributed by atoms with van der Waals surface area (Å²) in [6, 6.07) is 17.0. The molecule has 0 aromatic heterocycles. The van der Waals surface area contributed by atoms with Crippen LogP contribution in [0, 0.1) is 5.92 Å². The molecule has 2 aliphatic carbocycles. The van der Waals surface area contributed by atoms with Crippen molar-refractivity contribution in [2.45, 2.75) is 50.0 Å². The molecule has 1 heterocycles. The third kappa shape index (κ3) is 3.49. The minimum atomic E-state index is 0. The number of benzene rings is 2. The lowest BCUT2D eigenvalue weighted by atomic mass is 9.52. The Morgan fingerprint density at radius 2 is 1.97 bits per heavy atom. The number of carbonyl (C=O) groups excluding carboxylic acids is 1. The molecular formula is C26H30BrNO2. The van der Waals surface area contributed by atoms with Gasteiger partial charge in [0.05, 0.1) is 7.11 Å². The fourth-order valence-electron chi connectivity index (χ4n) is 6.21. The minimum absolute atomic E-state index is 0. The van der Waals surface area contributed by atoms with Crippen molar-refractivity contribution >= 4 is 29.0 Å². The van der Waals surface area contributed by atoms with E-state index in [1.165, 1.54) is 36.8 Å². The molecule has 0 spiro atoms. The average Bonchev–Trinajstić information content (AvgIpc) is 2.78. The molecule has 1 amide bonds. The van der Waals surface area contributed by atoms with E-state index in [1.54, 1.807) is 13.2 Å². The Balaban J connectivity index is 0.00000218. The van der Waals surface area contributed by atoms with Gasteiger partial charge in [-0.1, -0.05) is 49.2 Å². The summed E-state index contributed by atoms with van der Waals surface area (Å²) in [6.45, 7) is 0.857. The van der Waals surface area contributed by atoms with Gasteiger partial charge in [-0.25, -0.2) is 0 Å². The van der Waals surface area contributed by atoms with Gasteiger partial charge in [-0.3, -0.25) is 4.79 Å². The molecule has 2 bridgehead atoms. The van der Waals surface area contributed by atoms with E-state index in [0.717, 1.165) is 30.7 Å². The molecule has 3 nitrogen and oxygen atoms in total. The summed E-state index contributed by atoms with van der Waals surface area (Å²) < 4.78 is 5.55. The molecule has 158 valence electrons. The third-order valence-electron chi connectivity index (χ3n) is 7.54. The van der Waals surface area contributed by atoms with Gasteiger partial charge in [-0.05, 0) is 66.5 Å². The van der Waals surface area contributed by atoms with E-state index in [9.17, 15) is 4.79 Å². The summed E-state index contributed by atoms with van der Waals surface area (Å²) in [4.78, 5) is 15.3. The molecule has 0 radical (unpaired) electrons. The fraction of sp³-hybridized carbons (Fsp3) is 0.423. The number of carbonyl (C=O) groups is 1. The van der Waals surface area contributed by atoms with Gasteiger partial charge in [-0.15, -0.1) is 17.0 Å². The van der Waals surface area contributed by atoms with Gasteiger partial charge in [0.1, 0.15) is 5.75 Å². The molecular weight excluding hydrogens is 438 g/mol. The van der Waals surface area contributed by atoms with Crippen molar-refractivity contribution in [3.8, 4) is 5.75 Å². The van der Waals surface area contributed by atoms with Crippen LogP contribution in [0.5, 0.6) is 5.75 Å². The van der Waals surface area contributed by atoms with E-state index in [2.05, 4.69) is 23.1 Å². The van der Waals surface area contributed by atoms with Crippen LogP contribution >= 0.6 is 17.0 Å². The molecule has 5 rings (SSSR count). The van der Waals surface area contributed by atoms with E-state index < -0.39 is 0 Å². The summed E-state index contributed by atoms with van der Waals surface area (Å²) in [5, 5.41) is 0. The van der Waals surface area contributed by atoms with Crippen molar-refractivity contribution < 1.29 is 9.53 Å². The maximum absolute atomic E-state index is 13.2. The van der Waals surface area contributed by atoms with Gasteiger partial charge in [-0.2, -0.15) is 0 Å². The van der Waals surface area contributed by atoms with Crippen molar-refractivity contribution in [3.05, 3.63) is 71.3 Å². The Morgan fingerprint density at radius 1 is 1.13 bits per heavy atom. The first-order valence-electron chi connectivity index (χ1n) is 10.9. The van der Waals surface area contributed by atoms with Gasteiger partial charge in [0.15, 0.2) is 0 Å². The van der Waals surface area contributed by atoms with Gasteiger partial charge < -0.3 is 9.64 Å². The average molecular weight is 468 g/mol. The first-order chi connectivity index (χ1) is 14.2. The van der Waals surface area contributed by atoms with Crippen LogP contribution in [-0.2, 0) is 16.6 Å². The smallest absolute Gasteiger partial charge is 0.246 e. The monoisotopic (exact) mass is 467 g/mol. The predicted molar refractivity (Wildman–Crippen MR) is 126 cm³/mol.